The van der Waals surface area contributed by atoms with Gasteiger partial charge in [-0.3, -0.25) is 0 Å². The second-order valence-corrected chi connectivity index (χ2v) is 5.14. The Hall–Kier alpha value is -1.51. The molecule has 19 heavy (non-hydrogen) atoms. The van der Waals surface area contributed by atoms with E-state index in [0.29, 0.717) is 10.8 Å². The number of halogens is 1. The Bertz CT molecular complexity index is 591. The SMILES string of the molecule is Cc1ccc(C)c(Oc2ccc([C@H](C)O)cc2Cl)c1. The number of benzene rings is 2. The van der Waals surface area contributed by atoms with Gasteiger partial charge >= 0.3 is 0 Å². The van der Waals surface area contributed by atoms with Crippen molar-refractivity contribution in [1.29, 1.82) is 0 Å². The van der Waals surface area contributed by atoms with Gasteiger partial charge in [-0.2, -0.15) is 0 Å². The first-order valence-corrected chi connectivity index (χ1v) is 6.58. The van der Waals surface area contributed by atoms with Gasteiger partial charge in [0.1, 0.15) is 11.5 Å². The molecule has 3 heteroatoms. The van der Waals surface area contributed by atoms with Gasteiger partial charge in [-0.05, 0) is 55.7 Å². The van der Waals surface area contributed by atoms with E-state index in [4.69, 9.17) is 16.3 Å². The van der Waals surface area contributed by atoms with Crippen LogP contribution < -0.4 is 4.74 Å². The Morgan fingerprint density at radius 1 is 1.05 bits per heavy atom. The minimum Gasteiger partial charge on any atom is -0.456 e. The zero-order valence-corrected chi connectivity index (χ0v) is 12.0. The van der Waals surface area contributed by atoms with Crippen LogP contribution in [0.1, 0.15) is 29.7 Å². The zero-order chi connectivity index (χ0) is 14.0. The maximum Gasteiger partial charge on any atom is 0.146 e. The van der Waals surface area contributed by atoms with Gasteiger partial charge in [0.25, 0.3) is 0 Å². The molecule has 0 aliphatic carbocycles. The summed E-state index contributed by atoms with van der Waals surface area (Å²) in [4.78, 5) is 0. The monoisotopic (exact) mass is 276 g/mol. The maximum atomic E-state index is 9.51. The van der Waals surface area contributed by atoms with Gasteiger partial charge in [0.05, 0.1) is 11.1 Å². The Balaban J connectivity index is 2.31. The Kier molecular flexibility index (Phi) is 4.13. The van der Waals surface area contributed by atoms with E-state index in [9.17, 15) is 5.11 Å². The molecule has 2 aromatic carbocycles. The summed E-state index contributed by atoms with van der Waals surface area (Å²) in [5.41, 5.74) is 2.97. The number of rotatable bonds is 3. The van der Waals surface area contributed by atoms with Crippen LogP contribution in [0.15, 0.2) is 36.4 Å². The first kappa shape index (κ1) is 13.9. The number of hydrogen-bond donors (Lipinski definition) is 1. The summed E-state index contributed by atoms with van der Waals surface area (Å²) in [7, 11) is 0. The lowest BCUT2D eigenvalue weighted by Crippen LogP contribution is -1.93. The van der Waals surface area contributed by atoms with Crippen LogP contribution in [0.5, 0.6) is 11.5 Å². The van der Waals surface area contributed by atoms with E-state index >= 15 is 0 Å². The highest BCUT2D eigenvalue weighted by atomic mass is 35.5. The normalized spacial score (nSPS) is 12.3. The number of hydrogen-bond acceptors (Lipinski definition) is 2. The van der Waals surface area contributed by atoms with Gasteiger partial charge in [-0.15, -0.1) is 0 Å². The largest absolute Gasteiger partial charge is 0.456 e. The molecular formula is C16H17ClO2. The molecule has 0 unspecified atom stereocenters. The van der Waals surface area contributed by atoms with Gasteiger partial charge in [0, 0.05) is 0 Å². The molecule has 2 aromatic rings. The van der Waals surface area contributed by atoms with E-state index in [2.05, 4.69) is 0 Å². The quantitative estimate of drug-likeness (QED) is 0.872. The summed E-state index contributed by atoms with van der Waals surface area (Å²) in [5.74, 6) is 1.39. The fourth-order valence-corrected chi connectivity index (χ4v) is 2.02. The minimum absolute atomic E-state index is 0.499. The van der Waals surface area contributed by atoms with Crippen molar-refractivity contribution in [3.05, 3.63) is 58.1 Å². The van der Waals surface area contributed by atoms with Crippen molar-refractivity contribution in [1.82, 2.24) is 0 Å². The van der Waals surface area contributed by atoms with E-state index in [0.717, 1.165) is 22.4 Å². The lowest BCUT2D eigenvalue weighted by atomic mass is 10.1. The zero-order valence-electron chi connectivity index (χ0n) is 11.3. The second-order valence-electron chi connectivity index (χ2n) is 4.74. The van der Waals surface area contributed by atoms with Crippen molar-refractivity contribution >= 4 is 11.6 Å². The maximum absolute atomic E-state index is 9.51. The third-order valence-corrected chi connectivity index (χ3v) is 3.30. The predicted octanol–water partition coefficient (Wildman–Crippen LogP) is 4.80. The molecule has 0 aliphatic rings. The molecule has 2 rings (SSSR count). The van der Waals surface area contributed by atoms with Crippen molar-refractivity contribution in [3.8, 4) is 11.5 Å². The molecule has 0 saturated heterocycles. The van der Waals surface area contributed by atoms with Gasteiger partial charge < -0.3 is 9.84 Å². The molecule has 1 N–H and O–H groups in total. The second kappa shape index (κ2) is 5.64. The van der Waals surface area contributed by atoms with Gasteiger partial charge in [-0.25, -0.2) is 0 Å². The molecule has 0 saturated carbocycles. The first-order valence-electron chi connectivity index (χ1n) is 6.20. The van der Waals surface area contributed by atoms with Crippen LogP contribution in [0.3, 0.4) is 0 Å². The number of aliphatic hydroxyl groups is 1. The van der Waals surface area contributed by atoms with Gasteiger partial charge in [0.15, 0.2) is 0 Å². The van der Waals surface area contributed by atoms with Crippen LogP contribution in [0.25, 0.3) is 0 Å². The molecule has 0 heterocycles. The highest BCUT2D eigenvalue weighted by molar-refractivity contribution is 6.32. The lowest BCUT2D eigenvalue weighted by molar-refractivity contribution is 0.199. The molecule has 0 radical (unpaired) electrons. The molecule has 0 aliphatic heterocycles. The molecule has 0 amide bonds. The van der Waals surface area contributed by atoms with Crippen molar-refractivity contribution in [3.63, 3.8) is 0 Å². The van der Waals surface area contributed by atoms with Gasteiger partial charge in [-0.1, -0.05) is 29.8 Å². The molecule has 0 spiro atoms. The lowest BCUT2D eigenvalue weighted by Gasteiger charge is -2.12. The van der Waals surface area contributed by atoms with E-state index < -0.39 is 6.10 Å². The molecule has 0 fully saturated rings. The fourth-order valence-electron chi connectivity index (χ4n) is 1.80. The standard InChI is InChI=1S/C16H17ClO2/c1-10-4-5-11(2)16(8-10)19-15-7-6-13(12(3)18)9-14(15)17/h4-9,12,18H,1-3H3/t12-/m0/s1. The highest BCUT2D eigenvalue weighted by Crippen LogP contribution is 2.33. The number of aliphatic hydroxyl groups excluding tert-OH is 1. The smallest absolute Gasteiger partial charge is 0.146 e. The summed E-state index contributed by atoms with van der Waals surface area (Å²) in [6.45, 7) is 5.72. The molecule has 0 aromatic heterocycles. The predicted molar refractivity (Wildman–Crippen MR) is 78.1 cm³/mol. The Morgan fingerprint density at radius 2 is 1.79 bits per heavy atom. The first-order chi connectivity index (χ1) is 8.97. The summed E-state index contributed by atoms with van der Waals surface area (Å²) in [6, 6.07) is 11.4. The van der Waals surface area contributed by atoms with Crippen LogP contribution in [0, 0.1) is 13.8 Å². The molecular weight excluding hydrogens is 260 g/mol. The third kappa shape index (κ3) is 3.28. The van der Waals surface area contributed by atoms with E-state index in [1.165, 1.54) is 0 Å². The van der Waals surface area contributed by atoms with Crippen LogP contribution >= 0.6 is 11.6 Å². The number of aryl methyl sites for hydroxylation is 2. The van der Waals surface area contributed by atoms with Crippen LogP contribution in [0.2, 0.25) is 5.02 Å². The Labute approximate surface area is 118 Å². The third-order valence-electron chi connectivity index (χ3n) is 3.00. The Morgan fingerprint density at radius 3 is 2.42 bits per heavy atom. The molecule has 0 bridgehead atoms. The van der Waals surface area contributed by atoms with Crippen molar-refractivity contribution < 1.29 is 9.84 Å². The summed E-state index contributed by atoms with van der Waals surface area (Å²) < 4.78 is 5.84. The van der Waals surface area contributed by atoms with E-state index in [1.807, 2.05) is 38.1 Å². The average molecular weight is 277 g/mol. The molecule has 100 valence electrons. The van der Waals surface area contributed by atoms with E-state index in [-0.39, 0.29) is 0 Å². The minimum atomic E-state index is -0.535. The summed E-state index contributed by atoms with van der Waals surface area (Å²) >= 11 is 6.18. The highest BCUT2D eigenvalue weighted by Gasteiger charge is 2.09. The summed E-state index contributed by atoms with van der Waals surface area (Å²) in [6.07, 6.45) is -0.535. The van der Waals surface area contributed by atoms with Gasteiger partial charge in [0.2, 0.25) is 0 Å². The van der Waals surface area contributed by atoms with Crippen LogP contribution in [-0.2, 0) is 0 Å². The fraction of sp³-hybridized carbons (Fsp3) is 0.250. The van der Waals surface area contributed by atoms with E-state index in [1.54, 1.807) is 19.1 Å². The molecule has 1 atom stereocenters. The van der Waals surface area contributed by atoms with Crippen molar-refractivity contribution in [2.75, 3.05) is 0 Å². The topological polar surface area (TPSA) is 29.5 Å². The van der Waals surface area contributed by atoms with Crippen LogP contribution in [-0.4, -0.2) is 5.11 Å². The van der Waals surface area contributed by atoms with Crippen molar-refractivity contribution in [2.24, 2.45) is 0 Å². The van der Waals surface area contributed by atoms with Crippen LogP contribution in [0.4, 0.5) is 0 Å². The summed E-state index contributed by atoms with van der Waals surface area (Å²) in [5, 5.41) is 10.0. The number of ether oxygens (including phenoxy) is 1. The average Bonchev–Trinajstić information content (AvgIpc) is 2.36. The molecule has 2 nitrogen and oxygen atoms in total. The van der Waals surface area contributed by atoms with Crippen molar-refractivity contribution in [2.45, 2.75) is 26.9 Å².